The van der Waals surface area contributed by atoms with Gasteiger partial charge in [0.2, 0.25) is 5.56 Å². The third-order valence-electron chi connectivity index (χ3n) is 5.49. The lowest BCUT2D eigenvalue weighted by atomic mass is 9.85. The quantitative estimate of drug-likeness (QED) is 0.712. The molecule has 2 heterocycles. The molecule has 2 N–H and O–H groups in total. The maximum atomic E-state index is 14.3. The smallest absolute Gasteiger partial charge is 0.253 e. The number of likely N-dealkylation sites (tertiary alicyclic amines) is 1. The maximum absolute atomic E-state index is 14.3. The van der Waals surface area contributed by atoms with Crippen LogP contribution in [-0.2, 0) is 6.42 Å². The number of carbonyl (C=O) groups is 1. The number of aliphatic hydroxyl groups is 1. The molecule has 4 rings (SSSR count). The second-order valence-corrected chi connectivity index (χ2v) is 7.53. The van der Waals surface area contributed by atoms with Crippen molar-refractivity contribution in [2.24, 2.45) is 0 Å². The molecule has 3 aromatic rings. The molecule has 2 aromatic carbocycles. The Morgan fingerprint density at radius 1 is 1.07 bits per heavy atom. The van der Waals surface area contributed by atoms with Crippen LogP contribution in [-0.4, -0.2) is 39.6 Å². The molecule has 1 saturated heterocycles. The van der Waals surface area contributed by atoms with Crippen molar-refractivity contribution in [3.8, 4) is 0 Å². The van der Waals surface area contributed by atoms with Crippen LogP contribution in [0.25, 0.3) is 10.9 Å². The molecule has 1 amide bonds. The van der Waals surface area contributed by atoms with Gasteiger partial charge in [-0.1, -0.05) is 18.2 Å². The van der Waals surface area contributed by atoms with Crippen LogP contribution < -0.4 is 5.56 Å². The highest BCUT2D eigenvalue weighted by Gasteiger charge is 2.35. The predicted molar refractivity (Wildman–Crippen MR) is 105 cm³/mol. The first-order valence-electron chi connectivity index (χ1n) is 9.42. The van der Waals surface area contributed by atoms with E-state index in [2.05, 4.69) is 4.98 Å². The van der Waals surface area contributed by atoms with E-state index in [1.165, 1.54) is 24.3 Å². The number of nitrogens with one attached hydrogen (secondary N) is 1. The predicted octanol–water partition coefficient (Wildman–Crippen LogP) is 3.02. The van der Waals surface area contributed by atoms with Gasteiger partial charge in [-0.05, 0) is 42.7 Å². The van der Waals surface area contributed by atoms with Gasteiger partial charge in [-0.3, -0.25) is 9.59 Å². The monoisotopic (exact) mass is 398 g/mol. The fourth-order valence-corrected chi connectivity index (χ4v) is 3.83. The minimum Gasteiger partial charge on any atom is -0.389 e. The van der Waals surface area contributed by atoms with Crippen molar-refractivity contribution in [1.29, 1.82) is 0 Å². The molecule has 150 valence electrons. The molecule has 0 atom stereocenters. The summed E-state index contributed by atoms with van der Waals surface area (Å²) in [5.41, 5.74) is -0.817. The zero-order valence-electron chi connectivity index (χ0n) is 15.6. The number of aromatic nitrogens is 1. The Bertz CT molecular complexity index is 1130. The molecule has 5 nitrogen and oxygen atoms in total. The van der Waals surface area contributed by atoms with E-state index in [4.69, 9.17) is 0 Å². The molecule has 1 aliphatic rings. The molecule has 0 bridgehead atoms. The van der Waals surface area contributed by atoms with Crippen LogP contribution in [0.15, 0.2) is 53.3 Å². The fourth-order valence-electron chi connectivity index (χ4n) is 3.83. The van der Waals surface area contributed by atoms with E-state index >= 15 is 0 Å². The van der Waals surface area contributed by atoms with Crippen molar-refractivity contribution in [2.75, 3.05) is 13.1 Å². The van der Waals surface area contributed by atoms with E-state index in [1.807, 2.05) is 0 Å². The van der Waals surface area contributed by atoms with E-state index < -0.39 is 17.0 Å². The number of amides is 1. The van der Waals surface area contributed by atoms with Gasteiger partial charge in [-0.2, -0.15) is 0 Å². The summed E-state index contributed by atoms with van der Waals surface area (Å²) in [6, 6.07) is 11.7. The third kappa shape index (κ3) is 3.91. The summed E-state index contributed by atoms with van der Waals surface area (Å²) in [7, 11) is 0. The minimum atomic E-state index is -1.09. The first kappa shape index (κ1) is 19.3. The lowest BCUT2D eigenvalue weighted by Crippen LogP contribution is -2.47. The molecular weight excluding hydrogens is 378 g/mol. The number of hydrogen-bond acceptors (Lipinski definition) is 3. The maximum Gasteiger partial charge on any atom is 0.253 e. The molecule has 1 aromatic heterocycles. The summed E-state index contributed by atoms with van der Waals surface area (Å²) in [6.07, 6.45) is 0.784. The zero-order chi connectivity index (χ0) is 20.6. The van der Waals surface area contributed by atoms with Crippen molar-refractivity contribution in [1.82, 2.24) is 9.88 Å². The highest BCUT2D eigenvalue weighted by atomic mass is 19.1. The van der Waals surface area contributed by atoms with Gasteiger partial charge in [0.1, 0.15) is 11.6 Å². The molecule has 0 unspecified atom stereocenters. The minimum absolute atomic E-state index is 0.0620. The summed E-state index contributed by atoms with van der Waals surface area (Å²) in [4.78, 5) is 28.2. The van der Waals surface area contributed by atoms with E-state index in [9.17, 15) is 23.5 Å². The van der Waals surface area contributed by atoms with Gasteiger partial charge in [0.15, 0.2) is 0 Å². The molecule has 1 fully saturated rings. The summed E-state index contributed by atoms with van der Waals surface area (Å²) < 4.78 is 28.2. The second-order valence-electron chi connectivity index (χ2n) is 7.53. The lowest BCUT2D eigenvalue weighted by Gasteiger charge is -2.38. The van der Waals surface area contributed by atoms with Crippen LogP contribution in [0.3, 0.4) is 0 Å². The van der Waals surface area contributed by atoms with Crippen molar-refractivity contribution in [3.63, 3.8) is 0 Å². The number of rotatable bonds is 3. The molecule has 29 heavy (non-hydrogen) atoms. The highest BCUT2D eigenvalue weighted by Crippen LogP contribution is 2.28. The van der Waals surface area contributed by atoms with Gasteiger partial charge < -0.3 is 15.0 Å². The van der Waals surface area contributed by atoms with E-state index in [0.29, 0.717) is 23.8 Å². The number of fused-ring (bicyclic) bond motifs is 1. The topological polar surface area (TPSA) is 73.4 Å². The standard InChI is InChI=1S/C22H20F2N2O3/c23-17-4-2-1-3-15(17)13-22(29)7-9-26(10-8-22)21(28)16-11-14-5-6-19(27)25-20(14)18(24)12-16/h1-6,11-12,29H,7-10,13H2,(H,25,27). The van der Waals surface area contributed by atoms with Gasteiger partial charge in [-0.15, -0.1) is 0 Å². The normalized spacial score (nSPS) is 16.2. The Labute approximate surface area is 165 Å². The number of pyridine rings is 1. The van der Waals surface area contributed by atoms with E-state index in [0.717, 1.165) is 6.07 Å². The summed E-state index contributed by atoms with van der Waals surface area (Å²) in [5, 5.41) is 11.3. The highest BCUT2D eigenvalue weighted by molar-refractivity contribution is 5.98. The van der Waals surface area contributed by atoms with Crippen LogP contribution in [0.5, 0.6) is 0 Å². The third-order valence-corrected chi connectivity index (χ3v) is 5.49. The SMILES string of the molecule is O=C(c1cc(F)c2[nH]c(=O)ccc2c1)N1CCC(O)(Cc2ccccc2F)CC1. The number of halogens is 2. The number of aromatic amines is 1. The Balaban J connectivity index is 1.49. The van der Waals surface area contributed by atoms with Crippen molar-refractivity contribution < 1.29 is 18.7 Å². The molecular formula is C22H20F2N2O3. The Morgan fingerprint density at radius 2 is 1.79 bits per heavy atom. The van der Waals surface area contributed by atoms with Crippen molar-refractivity contribution in [2.45, 2.75) is 24.9 Å². The summed E-state index contributed by atoms with van der Waals surface area (Å²) in [6.45, 7) is 0.574. The van der Waals surface area contributed by atoms with E-state index in [1.54, 1.807) is 23.1 Å². The molecule has 0 aliphatic carbocycles. The Kier molecular flexibility index (Phi) is 4.92. The van der Waals surface area contributed by atoms with Crippen LogP contribution in [0.1, 0.15) is 28.8 Å². The first-order chi connectivity index (χ1) is 13.8. The van der Waals surface area contributed by atoms with E-state index in [-0.39, 0.29) is 42.3 Å². The van der Waals surface area contributed by atoms with Crippen molar-refractivity contribution in [3.05, 3.63) is 81.6 Å². The lowest BCUT2D eigenvalue weighted by molar-refractivity contribution is -0.0167. The number of nitrogens with zero attached hydrogens (tertiary/aromatic N) is 1. The van der Waals surface area contributed by atoms with Gasteiger partial charge >= 0.3 is 0 Å². The van der Waals surface area contributed by atoms with Crippen LogP contribution >= 0.6 is 0 Å². The molecule has 7 heteroatoms. The number of benzene rings is 2. The largest absolute Gasteiger partial charge is 0.389 e. The average Bonchev–Trinajstić information content (AvgIpc) is 2.70. The summed E-state index contributed by atoms with van der Waals surface area (Å²) in [5.74, 6) is -1.37. The molecule has 0 saturated carbocycles. The number of hydrogen-bond donors (Lipinski definition) is 2. The summed E-state index contributed by atoms with van der Waals surface area (Å²) >= 11 is 0. The molecule has 0 radical (unpaired) electrons. The second kappa shape index (κ2) is 7.40. The Morgan fingerprint density at radius 3 is 2.52 bits per heavy atom. The van der Waals surface area contributed by atoms with Crippen LogP contribution in [0.4, 0.5) is 8.78 Å². The van der Waals surface area contributed by atoms with Gasteiger partial charge in [0, 0.05) is 36.5 Å². The zero-order valence-corrected chi connectivity index (χ0v) is 15.6. The fraction of sp³-hybridized carbons (Fsp3) is 0.273. The van der Waals surface area contributed by atoms with Crippen molar-refractivity contribution >= 4 is 16.8 Å². The molecule has 1 aliphatic heterocycles. The van der Waals surface area contributed by atoms with Crippen LogP contribution in [0.2, 0.25) is 0 Å². The van der Waals surface area contributed by atoms with Crippen LogP contribution in [0, 0.1) is 11.6 Å². The number of carbonyl (C=O) groups excluding carboxylic acids is 1. The van der Waals surface area contributed by atoms with Gasteiger partial charge in [0.25, 0.3) is 5.91 Å². The average molecular weight is 398 g/mol. The van der Waals surface area contributed by atoms with Gasteiger partial charge in [0.05, 0.1) is 11.1 Å². The first-order valence-corrected chi connectivity index (χ1v) is 9.42. The number of H-pyrrole nitrogens is 1. The molecule has 0 spiro atoms. The Hall–Kier alpha value is -3.06. The van der Waals surface area contributed by atoms with Gasteiger partial charge in [-0.25, -0.2) is 8.78 Å². The number of piperidine rings is 1.